The molecule has 0 bridgehead atoms. The largest absolute Gasteiger partial charge is 0.462 e. The van der Waals surface area contributed by atoms with Gasteiger partial charge in [0.05, 0.1) is 0 Å². The minimum absolute atomic E-state index is 0.110. The van der Waals surface area contributed by atoms with Gasteiger partial charge in [0.15, 0.2) is 6.10 Å². The molecule has 0 rings (SSSR count). The zero-order valence-electron chi connectivity index (χ0n) is 52.1. The lowest BCUT2D eigenvalue weighted by atomic mass is 10.0. The average Bonchev–Trinajstić information content (AvgIpc) is 3.45. The molecule has 1 unspecified atom stereocenters. The molecule has 0 spiro atoms. The second kappa shape index (κ2) is 66.8. The fourth-order valence-corrected chi connectivity index (χ4v) is 9.56. The van der Waals surface area contributed by atoms with Gasteiger partial charge in [0.2, 0.25) is 0 Å². The lowest BCUT2D eigenvalue weighted by molar-refractivity contribution is -0.166. The SMILES string of the molecule is CC/C=C\C/C=C\C/C=C\C/C=C\C/C=C\C/C=C\CCC(=O)OC(COC(=O)CCCCCCC/C=C\C/C=C\CCCCCC)COC(=O)CCCCCCCCCCCCCCCCCCCCCCCCCCCC. The van der Waals surface area contributed by atoms with Crippen LogP contribution in [-0.2, 0) is 28.6 Å². The summed E-state index contributed by atoms with van der Waals surface area (Å²) in [6.07, 6.45) is 90.2. The molecule has 6 nitrogen and oxygen atoms in total. The zero-order valence-corrected chi connectivity index (χ0v) is 52.1. The first-order valence-corrected chi connectivity index (χ1v) is 33.7. The van der Waals surface area contributed by atoms with Gasteiger partial charge in [0.1, 0.15) is 13.2 Å². The summed E-state index contributed by atoms with van der Waals surface area (Å²) in [7, 11) is 0. The van der Waals surface area contributed by atoms with Crippen LogP contribution in [0.25, 0.3) is 0 Å². The van der Waals surface area contributed by atoms with Gasteiger partial charge in [-0.1, -0.05) is 317 Å². The van der Waals surface area contributed by atoms with Gasteiger partial charge >= 0.3 is 17.9 Å². The molecule has 0 N–H and O–H groups in total. The summed E-state index contributed by atoms with van der Waals surface area (Å²) in [5.74, 6) is -0.997. The third-order valence-corrected chi connectivity index (χ3v) is 14.6. The molecular weight excluding hydrogens is 973 g/mol. The summed E-state index contributed by atoms with van der Waals surface area (Å²) in [5, 5.41) is 0. The molecule has 0 aliphatic heterocycles. The first-order valence-electron chi connectivity index (χ1n) is 33.7. The number of unbranched alkanes of at least 4 members (excludes halogenated alkanes) is 34. The molecule has 0 aromatic carbocycles. The van der Waals surface area contributed by atoms with E-state index in [1.165, 1.54) is 180 Å². The van der Waals surface area contributed by atoms with E-state index in [0.717, 1.165) is 103 Å². The molecule has 6 heteroatoms. The molecule has 0 saturated heterocycles. The first-order chi connectivity index (χ1) is 39.0. The van der Waals surface area contributed by atoms with E-state index in [4.69, 9.17) is 14.2 Å². The highest BCUT2D eigenvalue weighted by atomic mass is 16.6. The minimum Gasteiger partial charge on any atom is -0.462 e. The third kappa shape index (κ3) is 65.0. The Balaban J connectivity index is 4.39. The standard InChI is InChI=1S/C73H126O6/c1-4-7-10-13-16-19-22-25-28-31-33-34-35-36-37-38-39-41-42-45-48-51-54-57-60-63-66-72(75)78-69-70(68-77-71(74)65-62-59-56-53-50-47-44-30-27-24-21-18-15-12-9-6-3)79-73(76)67-64-61-58-55-52-49-46-43-40-32-29-26-23-20-17-14-11-8-5-2/h8,11,17,20-21,24,26,29-30,40,43-44,49,52,58,61,70H,4-7,9-10,12-16,18-19,22-23,25,27-28,31-39,41-42,45-48,50-51,53-57,59-60,62-69H2,1-3H3/b11-8-,20-17-,24-21-,29-26-,43-40-,44-30-,52-49-,61-58-. The van der Waals surface area contributed by atoms with E-state index in [-0.39, 0.29) is 31.6 Å². The van der Waals surface area contributed by atoms with E-state index >= 15 is 0 Å². The van der Waals surface area contributed by atoms with Crippen molar-refractivity contribution in [3.63, 3.8) is 0 Å². The van der Waals surface area contributed by atoms with Crippen molar-refractivity contribution in [1.29, 1.82) is 0 Å². The van der Waals surface area contributed by atoms with Crippen molar-refractivity contribution < 1.29 is 28.6 Å². The summed E-state index contributed by atoms with van der Waals surface area (Å²) in [5.41, 5.74) is 0. The molecule has 0 aliphatic rings. The second-order valence-electron chi connectivity index (χ2n) is 22.4. The van der Waals surface area contributed by atoms with Gasteiger partial charge in [-0.15, -0.1) is 0 Å². The van der Waals surface area contributed by atoms with Crippen LogP contribution in [0.4, 0.5) is 0 Å². The Morgan fingerprint density at radius 2 is 0.519 bits per heavy atom. The van der Waals surface area contributed by atoms with E-state index < -0.39 is 12.1 Å². The molecule has 454 valence electrons. The molecule has 0 radical (unpaired) electrons. The van der Waals surface area contributed by atoms with Crippen LogP contribution in [0.2, 0.25) is 0 Å². The van der Waals surface area contributed by atoms with Crippen LogP contribution in [0.15, 0.2) is 97.2 Å². The number of rotatable bonds is 61. The van der Waals surface area contributed by atoms with Crippen LogP contribution in [0.1, 0.15) is 329 Å². The molecule has 0 aliphatic carbocycles. The smallest absolute Gasteiger partial charge is 0.306 e. The summed E-state index contributed by atoms with van der Waals surface area (Å²) >= 11 is 0. The first kappa shape index (κ1) is 75.3. The summed E-state index contributed by atoms with van der Waals surface area (Å²) in [4.78, 5) is 38.3. The number of hydrogen-bond donors (Lipinski definition) is 0. The van der Waals surface area contributed by atoms with Gasteiger partial charge in [-0.25, -0.2) is 0 Å². The number of ether oxygens (including phenoxy) is 3. The predicted octanol–water partition coefficient (Wildman–Crippen LogP) is 23.2. The quantitative estimate of drug-likeness (QED) is 0.0261. The Morgan fingerprint density at radius 1 is 0.266 bits per heavy atom. The van der Waals surface area contributed by atoms with Crippen LogP contribution in [-0.4, -0.2) is 37.2 Å². The molecule has 0 amide bonds. The van der Waals surface area contributed by atoms with E-state index in [9.17, 15) is 14.4 Å². The Labute approximate surface area is 489 Å². The lowest BCUT2D eigenvalue weighted by Gasteiger charge is -2.18. The fourth-order valence-electron chi connectivity index (χ4n) is 9.56. The maximum absolute atomic E-state index is 12.9. The number of esters is 3. The zero-order chi connectivity index (χ0) is 57.1. The second-order valence-corrected chi connectivity index (χ2v) is 22.4. The third-order valence-electron chi connectivity index (χ3n) is 14.6. The number of carbonyl (C=O) groups excluding carboxylic acids is 3. The van der Waals surface area contributed by atoms with E-state index in [1.807, 2.05) is 6.08 Å². The topological polar surface area (TPSA) is 78.9 Å². The Morgan fingerprint density at radius 3 is 0.835 bits per heavy atom. The highest BCUT2D eigenvalue weighted by Crippen LogP contribution is 2.17. The number of allylic oxidation sites excluding steroid dienone is 16. The van der Waals surface area contributed by atoms with Crippen molar-refractivity contribution in [3.8, 4) is 0 Å². The van der Waals surface area contributed by atoms with Gasteiger partial charge in [-0.2, -0.15) is 0 Å². The summed E-state index contributed by atoms with van der Waals surface area (Å²) < 4.78 is 16.9. The predicted molar refractivity (Wildman–Crippen MR) is 344 cm³/mol. The molecule has 0 fully saturated rings. The van der Waals surface area contributed by atoms with Crippen LogP contribution < -0.4 is 0 Å². The van der Waals surface area contributed by atoms with E-state index in [1.54, 1.807) is 0 Å². The highest BCUT2D eigenvalue weighted by Gasteiger charge is 2.19. The molecule has 1 atom stereocenters. The normalized spacial score (nSPS) is 12.7. The van der Waals surface area contributed by atoms with Crippen molar-refractivity contribution in [2.75, 3.05) is 13.2 Å². The van der Waals surface area contributed by atoms with Crippen LogP contribution in [0.3, 0.4) is 0 Å². The van der Waals surface area contributed by atoms with Crippen molar-refractivity contribution in [3.05, 3.63) is 97.2 Å². The Hall–Kier alpha value is -3.67. The fraction of sp³-hybridized carbons (Fsp3) is 0.740. The Kier molecular flexibility index (Phi) is 63.7. The van der Waals surface area contributed by atoms with Gasteiger partial charge in [0.25, 0.3) is 0 Å². The van der Waals surface area contributed by atoms with E-state index in [2.05, 4.69) is 112 Å². The summed E-state index contributed by atoms with van der Waals surface area (Å²) in [6, 6.07) is 0. The minimum atomic E-state index is -0.825. The molecular formula is C73H126O6. The summed E-state index contributed by atoms with van der Waals surface area (Å²) in [6.45, 7) is 6.48. The van der Waals surface area contributed by atoms with Gasteiger partial charge in [0, 0.05) is 19.3 Å². The average molecular weight is 1100 g/mol. The van der Waals surface area contributed by atoms with Crippen molar-refractivity contribution in [2.24, 2.45) is 0 Å². The number of hydrogen-bond acceptors (Lipinski definition) is 6. The van der Waals surface area contributed by atoms with Crippen LogP contribution in [0.5, 0.6) is 0 Å². The maximum atomic E-state index is 12.9. The molecule has 0 heterocycles. The highest BCUT2D eigenvalue weighted by molar-refractivity contribution is 5.71. The maximum Gasteiger partial charge on any atom is 0.306 e. The van der Waals surface area contributed by atoms with Gasteiger partial charge < -0.3 is 14.2 Å². The van der Waals surface area contributed by atoms with Crippen LogP contribution >= 0.6 is 0 Å². The molecule has 0 aromatic rings. The van der Waals surface area contributed by atoms with Gasteiger partial charge in [-0.3, -0.25) is 14.4 Å². The van der Waals surface area contributed by atoms with E-state index in [0.29, 0.717) is 19.3 Å². The van der Waals surface area contributed by atoms with Gasteiger partial charge in [-0.05, 0) is 89.9 Å². The molecule has 0 saturated carbocycles. The molecule has 79 heavy (non-hydrogen) atoms. The van der Waals surface area contributed by atoms with Crippen molar-refractivity contribution in [1.82, 2.24) is 0 Å². The molecule has 0 aromatic heterocycles. The lowest BCUT2D eigenvalue weighted by Crippen LogP contribution is -2.30. The number of carbonyl (C=O) groups is 3. The monoisotopic (exact) mass is 1100 g/mol. The van der Waals surface area contributed by atoms with Crippen molar-refractivity contribution in [2.45, 2.75) is 335 Å². The Bertz CT molecular complexity index is 1540. The van der Waals surface area contributed by atoms with Crippen molar-refractivity contribution >= 4 is 17.9 Å². The van der Waals surface area contributed by atoms with Crippen LogP contribution in [0, 0.1) is 0 Å².